The smallest absolute Gasteiger partial charge is 0.147 e. The van der Waals surface area contributed by atoms with Crippen LogP contribution >= 0.6 is 0 Å². The van der Waals surface area contributed by atoms with Crippen molar-refractivity contribution < 1.29 is 4.39 Å². The summed E-state index contributed by atoms with van der Waals surface area (Å²) in [4.78, 5) is 4.02. The Morgan fingerprint density at radius 2 is 1.79 bits per heavy atom. The van der Waals surface area contributed by atoms with Gasteiger partial charge in [-0.2, -0.15) is 0 Å². The molecule has 1 rings (SSSR count). The second-order valence-corrected chi connectivity index (χ2v) is 4.13. The topological polar surface area (TPSA) is 38.9 Å². The van der Waals surface area contributed by atoms with Crippen LogP contribution in [0.4, 0.5) is 10.1 Å². The maximum Gasteiger partial charge on any atom is 0.147 e. The summed E-state index contributed by atoms with van der Waals surface area (Å²) < 4.78 is 13.4. The Hall–Kier alpha value is -1.12. The van der Waals surface area contributed by atoms with Crippen LogP contribution in [0.15, 0.2) is 6.20 Å². The number of nitrogens with two attached hydrogens (primary N) is 1. The predicted octanol–water partition coefficient (Wildman–Crippen LogP) is 3.05. The summed E-state index contributed by atoms with van der Waals surface area (Å²) in [5.41, 5.74) is 7.77. The summed E-state index contributed by atoms with van der Waals surface area (Å²) in [5, 5.41) is 0. The number of nitrogen functional groups attached to an aromatic ring is 1. The molecular formula is C11H17FN2. The molecule has 0 saturated heterocycles. The number of anilines is 1. The summed E-state index contributed by atoms with van der Waals surface area (Å²) in [6, 6.07) is 0. The monoisotopic (exact) mass is 196 g/mol. The molecule has 0 aromatic carbocycles. The van der Waals surface area contributed by atoms with E-state index in [1.807, 2.05) is 27.7 Å². The highest BCUT2D eigenvalue weighted by molar-refractivity contribution is 5.53. The molecule has 0 saturated carbocycles. The Kier molecular flexibility index (Phi) is 3.09. The van der Waals surface area contributed by atoms with Crippen molar-refractivity contribution in [1.29, 1.82) is 0 Å². The molecule has 1 aromatic rings. The summed E-state index contributed by atoms with van der Waals surface area (Å²) in [7, 11) is 0. The molecular weight excluding hydrogens is 179 g/mol. The van der Waals surface area contributed by atoms with Gasteiger partial charge in [0.15, 0.2) is 0 Å². The maximum atomic E-state index is 13.4. The van der Waals surface area contributed by atoms with E-state index in [0.29, 0.717) is 11.3 Å². The zero-order chi connectivity index (χ0) is 10.9. The molecule has 0 aliphatic rings. The molecule has 3 heteroatoms. The predicted molar refractivity (Wildman–Crippen MR) is 56.8 cm³/mol. The molecule has 0 aliphatic carbocycles. The number of aromatic nitrogens is 1. The first-order chi connectivity index (χ1) is 6.45. The largest absolute Gasteiger partial charge is 0.397 e. The van der Waals surface area contributed by atoms with Gasteiger partial charge in [0, 0.05) is 5.56 Å². The SMILES string of the molecule is CC(C)c1ncc(F)c(C(C)C)c1N. The minimum Gasteiger partial charge on any atom is -0.397 e. The van der Waals surface area contributed by atoms with E-state index in [4.69, 9.17) is 5.73 Å². The van der Waals surface area contributed by atoms with Gasteiger partial charge in [0.25, 0.3) is 0 Å². The van der Waals surface area contributed by atoms with E-state index in [0.717, 1.165) is 5.69 Å². The number of rotatable bonds is 2. The van der Waals surface area contributed by atoms with Crippen LogP contribution in [0.5, 0.6) is 0 Å². The Morgan fingerprint density at radius 1 is 1.21 bits per heavy atom. The van der Waals surface area contributed by atoms with Gasteiger partial charge < -0.3 is 5.73 Å². The lowest BCUT2D eigenvalue weighted by molar-refractivity contribution is 0.589. The lowest BCUT2D eigenvalue weighted by Crippen LogP contribution is -2.07. The average molecular weight is 196 g/mol. The van der Waals surface area contributed by atoms with Crippen molar-refractivity contribution in [2.24, 2.45) is 0 Å². The molecule has 0 atom stereocenters. The van der Waals surface area contributed by atoms with Gasteiger partial charge in [0.2, 0.25) is 0 Å². The van der Waals surface area contributed by atoms with Crippen molar-refractivity contribution in [1.82, 2.24) is 4.98 Å². The summed E-state index contributed by atoms with van der Waals surface area (Å²) in [6.07, 6.45) is 1.26. The van der Waals surface area contributed by atoms with Crippen LogP contribution < -0.4 is 5.73 Å². The fourth-order valence-corrected chi connectivity index (χ4v) is 1.58. The average Bonchev–Trinajstić information content (AvgIpc) is 2.02. The van der Waals surface area contributed by atoms with Crippen LogP contribution in [0.3, 0.4) is 0 Å². The van der Waals surface area contributed by atoms with Crippen LogP contribution in [0, 0.1) is 5.82 Å². The second kappa shape index (κ2) is 3.95. The van der Waals surface area contributed by atoms with Gasteiger partial charge in [0.1, 0.15) is 5.82 Å². The maximum absolute atomic E-state index is 13.4. The highest BCUT2D eigenvalue weighted by Gasteiger charge is 2.16. The number of halogens is 1. The molecule has 1 aromatic heterocycles. The van der Waals surface area contributed by atoms with E-state index in [-0.39, 0.29) is 17.7 Å². The number of hydrogen-bond donors (Lipinski definition) is 1. The molecule has 0 fully saturated rings. The third-order valence-corrected chi connectivity index (χ3v) is 2.26. The standard InChI is InChI=1S/C11H17FN2/c1-6(2)9-8(12)5-14-11(7(3)4)10(9)13/h5-7H,13H2,1-4H3. The van der Waals surface area contributed by atoms with Crippen LogP contribution in [-0.2, 0) is 0 Å². The third kappa shape index (κ3) is 1.86. The Bertz CT molecular complexity index is 332. The molecule has 0 spiro atoms. The third-order valence-electron chi connectivity index (χ3n) is 2.26. The molecule has 2 nitrogen and oxygen atoms in total. The first-order valence-corrected chi connectivity index (χ1v) is 4.88. The number of hydrogen-bond acceptors (Lipinski definition) is 2. The summed E-state index contributed by atoms with van der Waals surface area (Å²) in [5.74, 6) is 0.0190. The normalized spacial score (nSPS) is 11.4. The molecule has 14 heavy (non-hydrogen) atoms. The Labute approximate surface area is 84.3 Å². The van der Waals surface area contributed by atoms with Gasteiger partial charge in [-0.25, -0.2) is 4.39 Å². The van der Waals surface area contributed by atoms with Gasteiger partial charge in [-0.05, 0) is 11.8 Å². The molecule has 0 amide bonds. The molecule has 2 N–H and O–H groups in total. The van der Waals surface area contributed by atoms with E-state index in [2.05, 4.69) is 4.98 Å². The van der Waals surface area contributed by atoms with Crippen molar-refractivity contribution in [2.75, 3.05) is 5.73 Å². The fraction of sp³-hybridized carbons (Fsp3) is 0.545. The zero-order valence-corrected chi connectivity index (χ0v) is 9.13. The van der Waals surface area contributed by atoms with Gasteiger partial charge >= 0.3 is 0 Å². The van der Waals surface area contributed by atoms with E-state index in [9.17, 15) is 4.39 Å². The van der Waals surface area contributed by atoms with Crippen LogP contribution in [-0.4, -0.2) is 4.98 Å². The molecule has 78 valence electrons. The van der Waals surface area contributed by atoms with E-state index in [1.54, 1.807) is 0 Å². The minimum atomic E-state index is -0.304. The quantitative estimate of drug-likeness (QED) is 0.789. The highest BCUT2D eigenvalue weighted by atomic mass is 19.1. The van der Waals surface area contributed by atoms with Crippen molar-refractivity contribution in [2.45, 2.75) is 39.5 Å². The van der Waals surface area contributed by atoms with Crippen LogP contribution in [0.2, 0.25) is 0 Å². The Morgan fingerprint density at radius 3 is 2.21 bits per heavy atom. The molecule has 0 radical (unpaired) electrons. The lowest BCUT2D eigenvalue weighted by atomic mass is 9.97. The first-order valence-electron chi connectivity index (χ1n) is 4.88. The molecule has 1 heterocycles. The summed E-state index contributed by atoms with van der Waals surface area (Å²) in [6.45, 7) is 7.86. The van der Waals surface area contributed by atoms with Gasteiger partial charge in [0.05, 0.1) is 17.6 Å². The van der Waals surface area contributed by atoms with Crippen LogP contribution in [0.1, 0.15) is 50.8 Å². The van der Waals surface area contributed by atoms with E-state index in [1.165, 1.54) is 6.20 Å². The van der Waals surface area contributed by atoms with E-state index >= 15 is 0 Å². The van der Waals surface area contributed by atoms with Gasteiger partial charge in [-0.3, -0.25) is 4.98 Å². The van der Waals surface area contributed by atoms with Crippen LogP contribution in [0.25, 0.3) is 0 Å². The molecule has 0 unspecified atom stereocenters. The van der Waals surface area contributed by atoms with Crippen molar-refractivity contribution in [3.63, 3.8) is 0 Å². The Balaban J connectivity index is 3.34. The summed E-state index contributed by atoms with van der Waals surface area (Å²) >= 11 is 0. The zero-order valence-electron chi connectivity index (χ0n) is 9.13. The number of pyridine rings is 1. The first kappa shape index (κ1) is 11.0. The molecule has 0 aliphatic heterocycles. The molecule has 0 bridgehead atoms. The van der Waals surface area contributed by atoms with Crippen molar-refractivity contribution in [3.05, 3.63) is 23.3 Å². The minimum absolute atomic E-state index is 0.0931. The van der Waals surface area contributed by atoms with Crippen molar-refractivity contribution in [3.8, 4) is 0 Å². The number of nitrogens with zero attached hydrogens (tertiary/aromatic N) is 1. The highest BCUT2D eigenvalue weighted by Crippen LogP contribution is 2.29. The van der Waals surface area contributed by atoms with Gasteiger partial charge in [-0.15, -0.1) is 0 Å². The van der Waals surface area contributed by atoms with Gasteiger partial charge in [-0.1, -0.05) is 27.7 Å². The fourth-order valence-electron chi connectivity index (χ4n) is 1.58. The lowest BCUT2D eigenvalue weighted by Gasteiger charge is -2.15. The second-order valence-electron chi connectivity index (χ2n) is 4.13. The van der Waals surface area contributed by atoms with Crippen molar-refractivity contribution >= 4 is 5.69 Å². The van der Waals surface area contributed by atoms with E-state index < -0.39 is 0 Å².